The summed E-state index contributed by atoms with van der Waals surface area (Å²) in [6.45, 7) is 0.807. The zero-order valence-corrected chi connectivity index (χ0v) is 13.4. The third kappa shape index (κ3) is 4.31. The van der Waals surface area contributed by atoms with E-state index in [1.165, 1.54) is 19.3 Å². The number of methoxy groups -OCH3 is 1. The van der Waals surface area contributed by atoms with E-state index < -0.39 is 6.10 Å². The number of carbonyl (C=O) groups is 1. The van der Waals surface area contributed by atoms with Crippen molar-refractivity contribution >= 4 is 5.91 Å². The van der Waals surface area contributed by atoms with Crippen molar-refractivity contribution in [3.05, 3.63) is 35.9 Å². The third-order valence-corrected chi connectivity index (χ3v) is 4.77. The van der Waals surface area contributed by atoms with Crippen LogP contribution in [0.2, 0.25) is 0 Å². The van der Waals surface area contributed by atoms with Gasteiger partial charge in [0.2, 0.25) is 0 Å². The Morgan fingerprint density at radius 2 is 1.95 bits per heavy atom. The molecule has 1 unspecified atom stereocenters. The van der Waals surface area contributed by atoms with Crippen LogP contribution in [0, 0.1) is 5.41 Å². The van der Waals surface area contributed by atoms with E-state index in [1.807, 2.05) is 30.3 Å². The molecule has 1 amide bonds. The Morgan fingerprint density at radius 3 is 2.55 bits per heavy atom. The van der Waals surface area contributed by atoms with E-state index in [9.17, 15) is 9.90 Å². The van der Waals surface area contributed by atoms with Crippen molar-refractivity contribution < 1.29 is 14.6 Å². The van der Waals surface area contributed by atoms with Crippen molar-refractivity contribution in [1.29, 1.82) is 0 Å². The largest absolute Gasteiger partial charge is 0.396 e. The summed E-state index contributed by atoms with van der Waals surface area (Å²) >= 11 is 0. The van der Waals surface area contributed by atoms with Crippen LogP contribution in [0.25, 0.3) is 0 Å². The molecule has 0 radical (unpaired) electrons. The number of carbonyl (C=O) groups excluding carboxylic acids is 1. The second-order valence-corrected chi connectivity index (χ2v) is 6.28. The molecule has 4 nitrogen and oxygen atoms in total. The molecule has 4 heteroatoms. The molecule has 1 aromatic rings. The summed E-state index contributed by atoms with van der Waals surface area (Å²) in [7, 11) is 1.56. The van der Waals surface area contributed by atoms with Crippen molar-refractivity contribution in [3.63, 3.8) is 0 Å². The topological polar surface area (TPSA) is 58.6 Å². The number of hydrogen-bond acceptors (Lipinski definition) is 3. The lowest BCUT2D eigenvalue weighted by Gasteiger charge is -2.37. The molecule has 1 saturated carbocycles. The van der Waals surface area contributed by atoms with Crippen LogP contribution in [0.4, 0.5) is 0 Å². The summed E-state index contributed by atoms with van der Waals surface area (Å²) in [6.07, 6.45) is 5.97. The van der Waals surface area contributed by atoms with Crippen LogP contribution < -0.4 is 5.32 Å². The number of aliphatic hydroxyl groups excluding tert-OH is 1. The first-order valence-corrected chi connectivity index (χ1v) is 8.17. The summed E-state index contributed by atoms with van der Waals surface area (Å²) in [5, 5.41) is 12.4. The van der Waals surface area contributed by atoms with Gasteiger partial charge in [-0.3, -0.25) is 4.79 Å². The summed E-state index contributed by atoms with van der Waals surface area (Å²) in [5.74, 6) is -0.100. The number of nitrogens with one attached hydrogen (secondary N) is 1. The maximum atomic E-state index is 12.5. The van der Waals surface area contributed by atoms with Crippen LogP contribution in [0.1, 0.15) is 50.2 Å². The molecule has 2 N–H and O–H groups in total. The van der Waals surface area contributed by atoms with Crippen molar-refractivity contribution in [3.8, 4) is 0 Å². The number of amides is 1. The van der Waals surface area contributed by atoms with Gasteiger partial charge in [-0.2, -0.15) is 0 Å². The Morgan fingerprint density at radius 1 is 1.27 bits per heavy atom. The molecule has 0 saturated heterocycles. The molecule has 22 heavy (non-hydrogen) atoms. The number of aliphatic hydroxyl groups is 1. The maximum absolute atomic E-state index is 12.5. The highest BCUT2D eigenvalue weighted by Crippen LogP contribution is 2.38. The summed E-state index contributed by atoms with van der Waals surface area (Å²) < 4.78 is 5.37. The van der Waals surface area contributed by atoms with Crippen LogP contribution in [0.3, 0.4) is 0 Å². The van der Waals surface area contributed by atoms with E-state index in [1.54, 1.807) is 7.11 Å². The Bertz CT molecular complexity index is 449. The quantitative estimate of drug-likeness (QED) is 0.814. The van der Waals surface area contributed by atoms with Gasteiger partial charge in [-0.05, 0) is 30.2 Å². The van der Waals surface area contributed by atoms with E-state index in [-0.39, 0.29) is 17.9 Å². The smallest absolute Gasteiger partial charge is 0.253 e. The normalized spacial score (nSPS) is 18.6. The van der Waals surface area contributed by atoms with E-state index in [4.69, 9.17) is 4.74 Å². The SMILES string of the molecule is COC(C(=O)NCC1(CCO)CCCCC1)c1ccccc1. The lowest BCUT2D eigenvalue weighted by molar-refractivity contribution is -0.132. The third-order valence-electron chi connectivity index (χ3n) is 4.77. The van der Waals surface area contributed by atoms with Gasteiger partial charge in [0.15, 0.2) is 6.10 Å². The highest BCUT2D eigenvalue weighted by Gasteiger charge is 2.32. The van der Waals surface area contributed by atoms with Gasteiger partial charge < -0.3 is 15.2 Å². The predicted octanol–water partition coefficient (Wildman–Crippen LogP) is 2.82. The minimum absolute atomic E-state index is 0.0532. The maximum Gasteiger partial charge on any atom is 0.253 e. The number of benzene rings is 1. The number of ether oxygens (including phenoxy) is 1. The molecular weight excluding hydrogens is 278 g/mol. The molecule has 2 rings (SSSR count). The van der Waals surface area contributed by atoms with Crippen LogP contribution >= 0.6 is 0 Å². The van der Waals surface area contributed by atoms with Gasteiger partial charge in [0.1, 0.15) is 0 Å². The van der Waals surface area contributed by atoms with E-state index in [0.717, 1.165) is 24.8 Å². The lowest BCUT2D eigenvalue weighted by Crippen LogP contribution is -2.41. The van der Waals surface area contributed by atoms with Crippen LogP contribution in [-0.4, -0.2) is 31.3 Å². The van der Waals surface area contributed by atoms with Crippen molar-refractivity contribution in [2.75, 3.05) is 20.3 Å². The molecule has 0 heterocycles. The highest BCUT2D eigenvalue weighted by atomic mass is 16.5. The van der Waals surface area contributed by atoms with E-state index >= 15 is 0 Å². The standard InChI is InChI=1S/C18H27NO3/c1-22-16(15-8-4-2-5-9-15)17(21)19-14-18(12-13-20)10-6-3-7-11-18/h2,4-5,8-9,16,20H,3,6-7,10-14H2,1H3,(H,19,21). The first-order chi connectivity index (χ1) is 10.7. The summed E-state index contributed by atoms with van der Waals surface area (Å²) in [4.78, 5) is 12.5. The first-order valence-electron chi connectivity index (χ1n) is 8.17. The Hall–Kier alpha value is -1.39. The fourth-order valence-corrected chi connectivity index (χ4v) is 3.44. The Labute approximate surface area is 132 Å². The van der Waals surface area contributed by atoms with E-state index in [0.29, 0.717) is 6.54 Å². The molecule has 0 aromatic heterocycles. The van der Waals surface area contributed by atoms with Crippen molar-refractivity contribution in [2.24, 2.45) is 5.41 Å². The average molecular weight is 305 g/mol. The molecule has 0 aliphatic heterocycles. The van der Waals surface area contributed by atoms with Gasteiger partial charge >= 0.3 is 0 Å². The number of rotatable bonds is 7. The molecule has 1 atom stereocenters. The molecule has 1 fully saturated rings. The molecule has 0 bridgehead atoms. The number of hydrogen-bond donors (Lipinski definition) is 2. The molecule has 1 aromatic carbocycles. The monoisotopic (exact) mass is 305 g/mol. The molecule has 1 aliphatic carbocycles. The predicted molar refractivity (Wildman–Crippen MR) is 86.4 cm³/mol. The molecule has 122 valence electrons. The van der Waals surface area contributed by atoms with Crippen LogP contribution in [0.5, 0.6) is 0 Å². The molecule has 0 spiro atoms. The second-order valence-electron chi connectivity index (χ2n) is 6.28. The lowest BCUT2D eigenvalue weighted by atomic mass is 9.72. The van der Waals surface area contributed by atoms with Crippen LogP contribution in [0.15, 0.2) is 30.3 Å². The minimum Gasteiger partial charge on any atom is -0.396 e. The summed E-state index contributed by atoms with van der Waals surface area (Å²) in [5.41, 5.74) is 0.917. The zero-order valence-electron chi connectivity index (χ0n) is 13.4. The molecular formula is C18H27NO3. The van der Waals surface area contributed by atoms with Gasteiger partial charge in [-0.15, -0.1) is 0 Å². The Kier molecular flexibility index (Phi) is 6.40. The zero-order chi connectivity index (χ0) is 15.8. The van der Waals surface area contributed by atoms with Crippen molar-refractivity contribution in [1.82, 2.24) is 5.32 Å². The van der Waals surface area contributed by atoms with Gasteiger partial charge in [0.05, 0.1) is 0 Å². The van der Waals surface area contributed by atoms with Crippen molar-refractivity contribution in [2.45, 2.75) is 44.6 Å². The van der Waals surface area contributed by atoms with Crippen LogP contribution in [-0.2, 0) is 9.53 Å². The fourth-order valence-electron chi connectivity index (χ4n) is 3.44. The van der Waals surface area contributed by atoms with Gasteiger partial charge in [-0.25, -0.2) is 0 Å². The van der Waals surface area contributed by atoms with Gasteiger partial charge in [0, 0.05) is 20.3 Å². The van der Waals surface area contributed by atoms with Gasteiger partial charge in [0.25, 0.3) is 5.91 Å². The molecule has 1 aliphatic rings. The highest BCUT2D eigenvalue weighted by molar-refractivity contribution is 5.82. The second kappa shape index (κ2) is 8.30. The minimum atomic E-state index is -0.573. The first kappa shape index (κ1) is 17.0. The summed E-state index contributed by atoms with van der Waals surface area (Å²) in [6, 6.07) is 9.54. The van der Waals surface area contributed by atoms with E-state index in [2.05, 4.69) is 5.32 Å². The van der Waals surface area contributed by atoms with Gasteiger partial charge in [-0.1, -0.05) is 49.6 Å². The fraction of sp³-hybridized carbons (Fsp3) is 0.611. The average Bonchev–Trinajstić information content (AvgIpc) is 2.56. The Balaban J connectivity index is 1.97.